The molecular formula is C11H8BrN3OS. The largest absolute Gasteiger partial charge is 0.437 e. The lowest BCUT2D eigenvalue weighted by Crippen LogP contribution is -2.13. The Morgan fingerprint density at radius 1 is 1.29 bits per heavy atom. The van der Waals surface area contributed by atoms with Gasteiger partial charge in [0.05, 0.1) is 0 Å². The molecule has 17 heavy (non-hydrogen) atoms. The topological polar surface area (TPSA) is 61.0 Å². The molecule has 2 N–H and O–H groups in total. The van der Waals surface area contributed by atoms with Crippen molar-refractivity contribution in [1.29, 1.82) is 0 Å². The number of benzene rings is 1. The number of nitrogens with zero attached hydrogens (tertiary/aromatic N) is 2. The molecule has 0 amide bonds. The van der Waals surface area contributed by atoms with Gasteiger partial charge in [0.2, 0.25) is 5.88 Å². The summed E-state index contributed by atoms with van der Waals surface area (Å²) in [6.45, 7) is 0. The van der Waals surface area contributed by atoms with Crippen molar-refractivity contribution in [1.82, 2.24) is 9.97 Å². The predicted octanol–water partition coefficient (Wildman–Crippen LogP) is 2.67. The SMILES string of the molecule is NC(=S)c1nccnc1Oc1cccc(Br)c1. The second-order valence-corrected chi connectivity index (χ2v) is 4.49. The highest BCUT2D eigenvalue weighted by molar-refractivity contribution is 9.10. The monoisotopic (exact) mass is 309 g/mol. The fourth-order valence-corrected chi connectivity index (χ4v) is 1.73. The van der Waals surface area contributed by atoms with Gasteiger partial charge in [0.1, 0.15) is 10.7 Å². The molecule has 0 saturated heterocycles. The van der Waals surface area contributed by atoms with Gasteiger partial charge in [-0.05, 0) is 18.2 Å². The van der Waals surface area contributed by atoms with E-state index < -0.39 is 0 Å². The number of halogens is 1. The molecule has 1 aromatic heterocycles. The maximum absolute atomic E-state index is 5.58. The smallest absolute Gasteiger partial charge is 0.248 e. The minimum atomic E-state index is 0.156. The van der Waals surface area contributed by atoms with Crippen LogP contribution in [0.3, 0.4) is 0 Å². The fraction of sp³-hybridized carbons (Fsp3) is 0. The summed E-state index contributed by atoms with van der Waals surface area (Å²) in [7, 11) is 0. The molecule has 1 aromatic carbocycles. The first-order chi connectivity index (χ1) is 8.16. The van der Waals surface area contributed by atoms with Gasteiger partial charge in [0.15, 0.2) is 5.69 Å². The summed E-state index contributed by atoms with van der Waals surface area (Å²) in [4.78, 5) is 8.24. The van der Waals surface area contributed by atoms with Crippen molar-refractivity contribution < 1.29 is 4.74 Å². The highest BCUT2D eigenvalue weighted by Gasteiger charge is 2.10. The van der Waals surface area contributed by atoms with E-state index in [0.717, 1.165) is 4.47 Å². The molecule has 0 radical (unpaired) electrons. The van der Waals surface area contributed by atoms with Gasteiger partial charge in [-0.15, -0.1) is 0 Å². The Kier molecular flexibility index (Phi) is 3.65. The molecule has 0 aliphatic rings. The first kappa shape index (κ1) is 11.9. The van der Waals surface area contributed by atoms with Crippen molar-refractivity contribution in [2.24, 2.45) is 5.73 Å². The molecule has 0 aliphatic heterocycles. The number of nitrogens with two attached hydrogens (primary N) is 1. The third kappa shape index (κ3) is 2.98. The van der Waals surface area contributed by atoms with Gasteiger partial charge in [0.25, 0.3) is 0 Å². The Morgan fingerprint density at radius 2 is 2.06 bits per heavy atom. The zero-order chi connectivity index (χ0) is 12.3. The summed E-state index contributed by atoms with van der Waals surface area (Å²) in [5.41, 5.74) is 5.92. The zero-order valence-electron chi connectivity index (χ0n) is 8.63. The molecule has 1 heterocycles. The van der Waals surface area contributed by atoms with Crippen LogP contribution in [0.4, 0.5) is 0 Å². The Balaban J connectivity index is 2.33. The number of hydrogen-bond acceptors (Lipinski definition) is 4. The van der Waals surface area contributed by atoms with Crippen molar-refractivity contribution in [3.05, 3.63) is 46.8 Å². The van der Waals surface area contributed by atoms with E-state index in [2.05, 4.69) is 25.9 Å². The minimum Gasteiger partial charge on any atom is -0.437 e. The average molecular weight is 310 g/mol. The van der Waals surface area contributed by atoms with Gasteiger partial charge in [0, 0.05) is 16.9 Å². The number of hydrogen-bond donors (Lipinski definition) is 1. The Labute approximate surface area is 112 Å². The summed E-state index contributed by atoms with van der Waals surface area (Å²) >= 11 is 8.23. The van der Waals surface area contributed by atoms with Crippen LogP contribution in [0.1, 0.15) is 5.69 Å². The highest BCUT2D eigenvalue weighted by Crippen LogP contribution is 2.24. The van der Waals surface area contributed by atoms with Crippen molar-refractivity contribution in [3.8, 4) is 11.6 Å². The third-order valence-electron chi connectivity index (χ3n) is 1.91. The van der Waals surface area contributed by atoms with E-state index in [1.165, 1.54) is 12.4 Å². The van der Waals surface area contributed by atoms with Gasteiger partial charge < -0.3 is 10.5 Å². The maximum atomic E-state index is 5.58. The van der Waals surface area contributed by atoms with Gasteiger partial charge in [-0.2, -0.15) is 0 Å². The summed E-state index contributed by atoms with van der Waals surface area (Å²) in [5.74, 6) is 0.940. The van der Waals surface area contributed by atoms with E-state index in [0.29, 0.717) is 17.3 Å². The van der Waals surface area contributed by atoms with Gasteiger partial charge in [-0.25, -0.2) is 9.97 Å². The Morgan fingerprint density at radius 3 is 2.76 bits per heavy atom. The number of ether oxygens (including phenoxy) is 1. The number of thiocarbonyl (C=S) groups is 1. The molecule has 0 bridgehead atoms. The predicted molar refractivity (Wildman–Crippen MR) is 72.1 cm³/mol. The van der Waals surface area contributed by atoms with Crippen LogP contribution >= 0.6 is 28.1 Å². The Hall–Kier alpha value is -1.53. The lowest BCUT2D eigenvalue weighted by atomic mass is 10.3. The standard InChI is InChI=1S/C11H8BrN3OS/c12-7-2-1-3-8(6-7)16-11-9(10(13)17)14-4-5-15-11/h1-6H,(H2,13,17). The van der Waals surface area contributed by atoms with E-state index in [9.17, 15) is 0 Å². The van der Waals surface area contributed by atoms with Crippen LogP contribution in [0.5, 0.6) is 11.6 Å². The van der Waals surface area contributed by atoms with Gasteiger partial charge >= 0.3 is 0 Å². The van der Waals surface area contributed by atoms with E-state index in [-0.39, 0.29) is 4.99 Å². The summed E-state index contributed by atoms with van der Waals surface area (Å²) in [6, 6.07) is 7.38. The molecule has 0 saturated carbocycles. The van der Waals surface area contributed by atoms with E-state index in [1.807, 2.05) is 24.3 Å². The van der Waals surface area contributed by atoms with Crippen molar-refractivity contribution in [2.45, 2.75) is 0 Å². The van der Waals surface area contributed by atoms with Crippen LogP contribution in [-0.4, -0.2) is 15.0 Å². The molecule has 86 valence electrons. The molecule has 0 atom stereocenters. The molecule has 0 fully saturated rings. The molecular weight excluding hydrogens is 302 g/mol. The van der Waals surface area contributed by atoms with Gasteiger partial charge in [-0.1, -0.05) is 34.2 Å². The van der Waals surface area contributed by atoms with E-state index in [4.69, 9.17) is 22.7 Å². The van der Waals surface area contributed by atoms with E-state index in [1.54, 1.807) is 0 Å². The van der Waals surface area contributed by atoms with E-state index >= 15 is 0 Å². The lowest BCUT2D eigenvalue weighted by molar-refractivity contribution is 0.458. The maximum Gasteiger partial charge on any atom is 0.248 e. The number of rotatable bonds is 3. The zero-order valence-corrected chi connectivity index (χ0v) is 11.0. The first-order valence-electron chi connectivity index (χ1n) is 4.71. The van der Waals surface area contributed by atoms with Crippen LogP contribution in [0.2, 0.25) is 0 Å². The lowest BCUT2D eigenvalue weighted by Gasteiger charge is -2.07. The molecule has 0 aliphatic carbocycles. The molecule has 2 aromatic rings. The number of aromatic nitrogens is 2. The second-order valence-electron chi connectivity index (χ2n) is 3.13. The van der Waals surface area contributed by atoms with Crippen molar-refractivity contribution >= 4 is 33.1 Å². The van der Waals surface area contributed by atoms with Crippen LogP contribution in [0.25, 0.3) is 0 Å². The Bertz CT molecular complexity index is 562. The minimum absolute atomic E-state index is 0.156. The highest BCUT2D eigenvalue weighted by atomic mass is 79.9. The second kappa shape index (κ2) is 5.20. The van der Waals surface area contributed by atoms with Crippen LogP contribution in [-0.2, 0) is 0 Å². The average Bonchev–Trinajstić information content (AvgIpc) is 2.29. The normalized spacial score (nSPS) is 9.94. The third-order valence-corrected chi connectivity index (χ3v) is 2.60. The van der Waals surface area contributed by atoms with Crippen molar-refractivity contribution in [2.75, 3.05) is 0 Å². The van der Waals surface area contributed by atoms with Crippen LogP contribution < -0.4 is 10.5 Å². The molecule has 2 rings (SSSR count). The summed E-state index contributed by atoms with van der Waals surface area (Å²) in [5, 5.41) is 0. The van der Waals surface area contributed by atoms with Crippen LogP contribution in [0.15, 0.2) is 41.1 Å². The molecule has 4 nitrogen and oxygen atoms in total. The summed E-state index contributed by atoms with van der Waals surface area (Å²) in [6.07, 6.45) is 3.04. The van der Waals surface area contributed by atoms with Crippen molar-refractivity contribution in [3.63, 3.8) is 0 Å². The van der Waals surface area contributed by atoms with Gasteiger partial charge in [-0.3, -0.25) is 0 Å². The fourth-order valence-electron chi connectivity index (χ4n) is 1.21. The quantitative estimate of drug-likeness (QED) is 0.883. The first-order valence-corrected chi connectivity index (χ1v) is 5.91. The summed E-state index contributed by atoms with van der Waals surface area (Å²) < 4.78 is 6.49. The molecule has 0 spiro atoms. The molecule has 6 heteroatoms. The molecule has 0 unspecified atom stereocenters. The van der Waals surface area contributed by atoms with Crippen LogP contribution in [0, 0.1) is 0 Å².